The summed E-state index contributed by atoms with van der Waals surface area (Å²) in [5.41, 5.74) is 1.25. The summed E-state index contributed by atoms with van der Waals surface area (Å²) < 4.78 is 3.74. The summed E-state index contributed by atoms with van der Waals surface area (Å²) >= 11 is 0. The normalized spacial score (nSPS) is 10.5. The molecule has 4 heteroatoms. The molecule has 0 unspecified atom stereocenters. The molecule has 0 aliphatic rings. The summed E-state index contributed by atoms with van der Waals surface area (Å²) in [6, 6.07) is 1.93. The molecule has 0 amide bonds. The lowest BCUT2D eigenvalue weighted by atomic mass is 10.2. The van der Waals surface area contributed by atoms with E-state index in [-0.39, 0.29) is 0 Å². The third-order valence-corrected chi connectivity index (χ3v) is 1.95. The first-order valence-corrected chi connectivity index (χ1v) is 4.29. The van der Waals surface area contributed by atoms with E-state index in [1.165, 1.54) is 5.56 Å². The molecule has 0 N–H and O–H groups in total. The van der Waals surface area contributed by atoms with Crippen LogP contribution in [0.2, 0.25) is 0 Å². The Morgan fingerprint density at radius 2 is 2.31 bits per heavy atom. The fourth-order valence-electron chi connectivity index (χ4n) is 1.28. The van der Waals surface area contributed by atoms with Crippen molar-refractivity contribution in [1.82, 2.24) is 19.6 Å². The monoisotopic (exact) mass is 176 g/mol. The molecule has 0 aliphatic heterocycles. The van der Waals surface area contributed by atoms with E-state index >= 15 is 0 Å². The van der Waals surface area contributed by atoms with Gasteiger partial charge in [0.2, 0.25) is 0 Å². The lowest BCUT2D eigenvalue weighted by Gasteiger charge is -1.97. The lowest BCUT2D eigenvalue weighted by molar-refractivity contribution is 0.614. The number of aryl methyl sites for hydroxylation is 3. The molecular weight excluding hydrogens is 164 g/mol. The molecule has 0 aromatic carbocycles. The van der Waals surface area contributed by atoms with Crippen molar-refractivity contribution < 1.29 is 0 Å². The van der Waals surface area contributed by atoms with E-state index in [1.54, 1.807) is 6.20 Å². The molecule has 0 spiro atoms. The van der Waals surface area contributed by atoms with Gasteiger partial charge in [-0.05, 0) is 18.1 Å². The molecule has 2 aromatic rings. The second-order valence-electron chi connectivity index (χ2n) is 3.04. The summed E-state index contributed by atoms with van der Waals surface area (Å²) in [4.78, 5) is 0. The Morgan fingerprint density at radius 1 is 1.38 bits per heavy atom. The predicted molar refractivity (Wildman–Crippen MR) is 49.1 cm³/mol. The summed E-state index contributed by atoms with van der Waals surface area (Å²) in [6.07, 6.45) is 8.67. The summed E-state index contributed by atoms with van der Waals surface area (Å²) in [7, 11) is 1.93. The van der Waals surface area contributed by atoms with Gasteiger partial charge >= 0.3 is 0 Å². The zero-order valence-electron chi connectivity index (χ0n) is 7.59. The van der Waals surface area contributed by atoms with Crippen molar-refractivity contribution >= 4 is 0 Å². The van der Waals surface area contributed by atoms with Crippen LogP contribution in [-0.4, -0.2) is 19.6 Å². The zero-order valence-corrected chi connectivity index (χ0v) is 7.59. The van der Waals surface area contributed by atoms with Gasteiger partial charge in [0.1, 0.15) is 0 Å². The van der Waals surface area contributed by atoms with Gasteiger partial charge in [-0.2, -0.15) is 10.2 Å². The minimum absolute atomic E-state index is 0.915. The Kier molecular flexibility index (Phi) is 2.12. The highest BCUT2D eigenvalue weighted by Crippen LogP contribution is 1.99. The average Bonchev–Trinajstić information content (AvgIpc) is 2.71. The van der Waals surface area contributed by atoms with Crippen molar-refractivity contribution in [2.45, 2.75) is 13.0 Å². The van der Waals surface area contributed by atoms with Crippen LogP contribution in [0.25, 0.3) is 0 Å². The van der Waals surface area contributed by atoms with Crippen LogP contribution in [-0.2, 0) is 20.0 Å². The Hall–Kier alpha value is -1.58. The van der Waals surface area contributed by atoms with Crippen LogP contribution in [0, 0.1) is 0 Å². The molecule has 0 aliphatic carbocycles. The average molecular weight is 176 g/mol. The lowest BCUT2D eigenvalue weighted by Crippen LogP contribution is -2.00. The van der Waals surface area contributed by atoms with Crippen LogP contribution in [0.5, 0.6) is 0 Å². The molecule has 0 radical (unpaired) electrons. The summed E-state index contributed by atoms with van der Waals surface area (Å²) in [6.45, 7) is 0.915. The summed E-state index contributed by atoms with van der Waals surface area (Å²) in [5.74, 6) is 0. The quantitative estimate of drug-likeness (QED) is 0.695. The van der Waals surface area contributed by atoms with E-state index in [2.05, 4.69) is 10.2 Å². The van der Waals surface area contributed by atoms with Gasteiger partial charge < -0.3 is 0 Å². The molecule has 2 aromatic heterocycles. The fraction of sp³-hybridized carbons (Fsp3) is 0.333. The number of hydrogen-bond donors (Lipinski definition) is 0. The van der Waals surface area contributed by atoms with Crippen LogP contribution in [0.1, 0.15) is 5.56 Å². The zero-order chi connectivity index (χ0) is 9.10. The molecule has 0 saturated heterocycles. The number of aromatic nitrogens is 4. The van der Waals surface area contributed by atoms with E-state index in [0.29, 0.717) is 0 Å². The van der Waals surface area contributed by atoms with Crippen molar-refractivity contribution in [3.63, 3.8) is 0 Å². The third-order valence-electron chi connectivity index (χ3n) is 1.95. The van der Waals surface area contributed by atoms with Crippen molar-refractivity contribution in [3.05, 3.63) is 36.4 Å². The number of rotatable bonds is 3. The number of hydrogen-bond acceptors (Lipinski definition) is 2. The molecule has 68 valence electrons. The van der Waals surface area contributed by atoms with Gasteiger partial charge in [-0.1, -0.05) is 0 Å². The maximum absolute atomic E-state index is 4.13. The smallest absolute Gasteiger partial charge is 0.0522 e. The van der Waals surface area contributed by atoms with Gasteiger partial charge in [-0.15, -0.1) is 0 Å². The van der Waals surface area contributed by atoms with Crippen LogP contribution < -0.4 is 0 Å². The fourth-order valence-corrected chi connectivity index (χ4v) is 1.28. The van der Waals surface area contributed by atoms with Gasteiger partial charge in [0.15, 0.2) is 0 Å². The highest BCUT2D eigenvalue weighted by Gasteiger charge is 1.96. The molecule has 2 rings (SSSR count). The van der Waals surface area contributed by atoms with Crippen LogP contribution in [0.15, 0.2) is 30.9 Å². The van der Waals surface area contributed by atoms with Gasteiger partial charge in [0, 0.05) is 32.2 Å². The Balaban J connectivity index is 1.93. The van der Waals surface area contributed by atoms with Crippen LogP contribution in [0.4, 0.5) is 0 Å². The van der Waals surface area contributed by atoms with Crippen molar-refractivity contribution in [1.29, 1.82) is 0 Å². The molecule has 0 saturated carbocycles. The largest absolute Gasteiger partial charge is 0.276 e. The van der Waals surface area contributed by atoms with Crippen LogP contribution in [0.3, 0.4) is 0 Å². The first-order valence-electron chi connectivity index (χ1n) is 4.29. The Morgan fingerprint density at radius 3 is 2.92 bits per heavy atom. The maximum atomic E-state index is 4.13. The third kappa shape index (κ3) is 1.96. The van der Waals surface area contributed by atoms with Crippen molar-refractivity contribution in [2.75, 3.05) is 0 Å². The van der Waals surface area contributed by atoms with E-state index in [0.717, 1.165) is 13.0 Å². The van der Waals surface area contributed by atoms with E-state index in [4.69, 9.17) is 0 Å². The molecule has 2 heterocycles. The van der Waals surface area contributed by atoms with Gasteiger partial charge in [-0.25, -0.2) is 0 Å². The molecule has 0 atom stereocenters. The van der Waals surface area contributed by atoms with Crippen molar-refractivity contribution in [2.24, 2.45) is 7.05 Å². The number of nitrogens with zero attached hydrogens (tertiary/aromatic N) is 4. The second-order valence-corrected chi connectivity index (χ2v) is 3.04. The highest BCUT2D eigenvalue weighted by molar-refractivity contribution is 5.03. The van der Waals surface area contributed by atoms with E-state index < -0.39 is 0 Å². The van der Waals surface area contributed by atoms with Gasteiger partial charge in [-0.3, -0.25) is 9.36 Å². The minimum atomic E-state index is 0.915. The molecule has 0 fully saturated rings. The highest BCUT2D eigenvalue weighted by atomic mass is 15.3. The Bertz CT molecular complexity index is 361. The summed E-state index contributed by atoms with van der Waals surface area (Å²) in [5, 5.41) is 8.23. The predicted octanol–water partition coefficient (Wildman–Crippen LogP) is 0.859. The molecule has 4 nitrogen and oxygen atoms in total. The topological polar surface area (TPSA) is 35.6 Å². The van der Waals surface area contributed by atoms with Gasteiger partial charge in [0.25, 0.3) is 0 Å². The minimum Gasteiger partial charge on any atom is -0.276 e. The standard InChI is InChI=1S/C9H12N4/c1-12-8-9(7-11-12)3-6-13-5-2-4-10-13/h2,4-5,7-8H,3,6H2,1H3. The SMILES string of the molecule is Cn1cc(CCn2cccn2)cn1. The van der Waals surface area contributed by atoms with E-state index in [9.17, 15) is 0 Å². The Labute approximate surface area is 76.8 Å². The van der Waals surface area contributed by atoms with Gasteiger partial charge in [0.05, 0.1) is 6.20 Å². The van der Waals surface area contributed by atoms with E-state index in [1.807, 2.05) is 41.1 Å². The molecular formula is C9H12N4. The van der Waals surface area contributed by atoms with Crippen molar-refractivity contribution in [3.8, 4) is 0 Å². The molecule has 13 heavy (non-hydrogen) atoms. The van der Waals surface area contributed by atoms with Crippen LogP contribution >= 0.6 is 0 Å². The maximum Gasteiger partial charge on any atom is 0.0522 e. The molecule has 0 bridgehead atoms. The second kappa shape index (κ2) is 3.43. The first kappa shape index (κ1) is 8.04. The first-order chi connectivity index (χ1) is 6.34.